The van der Waals surface area contributed by atoms with Gasteiger partial charge in [0.05, 0.1) is 6.04 Å². The molecule has 2 fully saturated rings. The van der Waals surface area contributed by atoms with Gasteiger partial charge < -0.3 is 10.6 Å². The minimum absolute atomic E-state index is 0.125. The summed E-state index contributed by atoms with van der Waals surface area (Å²) in [5.74, 6) is 1.93. The Morgan fingerprint density at radius 1 is 1.40 bits per heavy atom. The van der Waals surface area contributed by atoms with Crippen molar-refractivity contribution < 1.29 is 4.79 Å². The van der Waals surface area contributed by atoms with E-state index in [-0.39, 0.29) is 11.9 Å². The number of hydrogen-bond acceptors (Lipinski definition) is 4. The van der Waals surface area contributed by atoms with E-state index >= 15 is 0 Å². The Labute approximate surface area is 127 Å². The average Bonchev–Trinajstić information content (AvgIpc) is 2.95. The van der Waals surface area contributed by atoms with Crippen LogP contribution in [0.25, 0.3) is 0 Å². The molecule has 4 nitrogen and oxygen atoms in total. The fourth-order valence-electron chi connectivity index (χ4n) is 3.38. The summed E-state index contributed by atoms with van der Waals surface area (Å²) in [4.78, 5) is 14.9. The summed E-state index contributed by atoms with van der Waals surface area (Å²) in [6.07, 6.45) is 6.70. The molecule has 2 heterocycles. The molecule has 2 N–H and O–H groups in total. The van der Waals surface area contributed by atoms with Crippen LogP contribution in [0, 0.1) is 5.92 Å². The molecular weight excluding hydrogens is 270 g/mol. The van der Waals surface area contributed by atoms with Gasteiger partial charge >= 0.3 is 0 Å². The first-order valence-electron chi connectivity index (χ1n) is 7.95. The van der Waals surface area contributed by atoms with Crippen molar-refractivity contribution in [2.75, 3.05) is 38.2 Å². The van der Waals surface area contributed by atoms with E-state index in [1.54, 1.807) is 0 Å². The highest BCUT2D eigenvalue weighted by molar-refractivity contribution is 7.98. The quantitative estimate of drug-likeness (QED) is 0.776. The topological polar surface area (TPSA) is 44.4 Å². The number of hydrogen-bond donors (Lipinski definition) is 2. The van der Waals surface area contributed by atoms with Gasteiger partial charge in [0.15, 0.2) is 0 Å². The molecule has 2 aliphatic heterocycles. The van der Waals surface area contributed by atoms with E-state index in [1.807, 2.05) is 11.8 Å². The van der Waals surface area contributed by atoms with Crippen molar-refractivity contribution in [1.82, 2.24) is 15.5 Å². The molecule has 0 bridgehead atoms. The average molecular weight is 299 g/mol. The number of likely N-dealkylation sites (tertiary alicyclic amines) is 1. The standard InChI is InChI=1S/C15H29N3OS/c1-12(11-20-2)10-17-15(19)14-4-3-9-18(14)13-5-7-16-8-6-13/h12-14,16H,3-11H2,1-2H3,(H,17,19). The lowest BCUT2D eigenvalue weighted by atomic mass is 10.0. The molecule has 116 valence electrons. The highest BCUT2D eigenvalue weighted by atomic mass is 32.2. The highest BCUT2D eigenvalue weighted by Gasteiger charge is 2.35. The van der Waals surface area contributed by atoms with E-state index in [0.717, 1.165) is 38.4 Å². The van der Waals surface area contributed by atoms with Crippen molar-refractivity contribution in [1.29, 1.82) is 0 Å². The van der Waals surface area contributed by atoms with Crippen LogP contribution in [-0.2, 0) is 4.79 Å². The molecule has 0 aromatic rings. The second-order valence-electron chi connectivity index (χ2n) is 6.18. The van der Waals surface area contributed by atoms with Gasteiger partial charge in [-0.1, -0.05) is 6.92 Å². The zero-order chi connectivity index (χ0) is 14.4. The minimum atomic E-state index is 0.125. The molecule has 2 saturated heterocycles. The molecule has 0 spiro atoms. The lowest BCUT2D eigenvalue weighted by Crippen LogP contribution is -2.51. The van der Waals surface area contributed by atoms with Gasteiger partial charge in [0, 0.05) is 12.6 Å². The lowest BCUT2D eigenvalue weighted by Gasteiger charge is -2.35. The number of piperidine rings is 1. The van der Waals surface area contributed by atoms with Gasteiger partial charge in [0.25, 0.3) is 0 Å². The van der Waals surface area contributed by atoms with E-state index in [1.165, 1.54) is 19.3 Å². The van der Waals surface area contributed by atoms with Crippen LogP contribution in [0.15, 0.2) is 0 Å². The summed E-state index contributed by atoms with van der Waals surface area (Å²) in [7, 11) is 0. The van der Waals surface area contributed by atoms with Crippen molar-refractivity contribution in [3.05, 3.63) is 0 Å². The smallest absolute Gasteiger partial charge is 0.237 e. The van der Waals surface area contributed by atoms with Crippen LogP contribution >= 0.6 is 11.8 Å². The first-order valence-corrected chi connectivity index (χ1v) is 9.35. The lowest BCUT2D eigenvalue weighted by molar-refractivity contribution is -0.126. The summed E-state index contributed by atoms with van der Waals surface area (Å²) in [6, 6.07) is 0.734. The third-order valence-corrected chi connectivity index (χ3v) is 5.35. The third-order valence-electron chi connectivity index (χ3n) is 4.45. The molecule has 2 rings (SSSR count). The molecule has 0 saturated carbocycles. The van der Waals surface area contributed by atoms with Crippen LogP contribution in [-0.4, -0.2) is 61.1 Å². The molecule has 2 atom stereocenters. The summed E-state index contributed by atoms with van der Waals surface area (Å²) in [6.45, 7) is 6.32. The maximum atomic E-state index is 12.4. The predicted octanol–water partition coefficient (Wildman–Crippen LogP) is 1.32. The van der Waals surface area contributed by atoms with Crippen molar-refractivity contribution in [2.24, 2.45) is 5.92 Å². The predicted molar refractivity (Wildman–Crippen MR) is 86.2 cm³/mol. The SMILES string of the molecule is CSCC(C)CNC(=O)C1CCCN1C1CCNCC1. The largest absolute Gasteiger partial charge is 0.354 e. The summed E-state index contributed by atoms with van der Waals surface area (Å²) in [5, 5.41) is 6.58. The van der Waals surface area contributed by atoms with Crippen molar-refractivity contribution in [3.8, 4) is 0 Å². The number of rotatable bonds is 6. The van der Waals surface area contributed by atoms with E-state index < -0.39 is 0 Å². The first kappa shape index (κ1) is 16.1. The van der Waals surface area contributed by atoms with E-state index in [9.17, 15) is 4.79 Å². The van der Waals surface area contributed by atoms with Crippen LogP contribution in [0.3, 0.4) is 0 Å². The third kappa shape index (κ3) is 4.37. The highest BCUT2D eigenvalue weighted by Crippen LogP contribution is 2.24. The molecule has 1 amide bonds. The molecule has 2 unspecified atom stereocenters. The summed E-state index contributed by atoms with van der Waals surface area (Å²) in [5.41, 5.74) is 0. The second kappa shape index (κ2) is 8.25. The molecule has 0 radical (unpaired) electrons. The minimum Gasteiger partial charge on any atom is -0.354 e. The van der Waals surface area contributed by atoms with E-state index in [0.29, 0.717) is 12.0 Å². The van der Waals surface area contributed by atoms with Crippen LogP contribution in [0.5, 0.6) is 0 Å². The van der Waals surface area contributed by atoms with Crippen molar-refractivity contribution >= 4 is 17.7 Å². The monoisotopic (exact) mass is 299 g/mol. The van der Waals surface area contributed by atoms with Crippen LogP contribution < -0.4 is 10.6 Å². The number of carbonyl (C=O) groups is 1. The first-order chi connectivity index (χ1) is 9.72. The summed E-state index contributed by atoms with van der Waals surface area (Å²) >= 11 is 1.85. The van der Waals surface area contributed by atoms with Crippen molar-refractivity contribution in [3.63, 3.8) is 0 Å². The van der Waals surface area contributed by atoms with Gasteiger partial charge in [-0.2, -0.15) is 11.8 Å². The number of nitrogens with one attached hydrogen (secondary N) is 2. The summed E-state index contributed by atoms with van der Waals surface area (Å²) < 4.78 is 0. The van der Waals surface area contributed by atoms with Crippen LogP contribution in [0.1, 0.15) is 32.6 Å². The number of thioether (sulfide) groups is 1. The zero-order valence-corrected chi connectivity index (χ0v) is 13.7. The molecule has 20 heavy (non-hydrogen) atoms. The Morgan fingerprint density at radius 3 is 2.85 bits per heavy atom. The Morgan fingerprint density at radius 2 is 2.15 bits per heavy atom. The zero-order valence-electron chi connectivity index (χ0n) is 12.9. The fraction of sp³-hybridized carbons (Fsp3) is 0.933. The van der Waals surface area contributed by atoms with Crippen molar-refractivity contribution in [2.45, 2.75) is 44.7 Å². The van der Waals surface area contributed by atoms with E-state index in [4.69, 9.17) is 0 Å². The van der Waals surface area contributed by atoms with E-state index in [2.05, 4.69) is 28.7 Å². The Balaban J connectivity index is 1.81. The molecular formula is C15H29N3OS. The molecule has 0 aromatic carbocycles. The normalized spacial score (nSPS) is 26.6. The number of carbonyl (C=O) groups excluding carboxylic acids is 1. The number of nitrogens with zero attached hydrogens (tertiary/aromatic N) is 1. The second-order valence-corrected chi connectivity index (χ2v) is 7.09. The van der Waals surface area contributed by atoms with Gasteiger partial charge in [-0.25, -0.2) is 0 Å². The van der Waals surface area contributed by atoms with Gasteiger partial charge in [-0.15, -0.1) is 0 Å². The Kier molecular flexibility index (Phi) is 6.65. The maximum absolute atomic E-state index is 12.4. The van der Waals surface area contributed by atoms with Gasteiger partial charge in [0.1, 0.15) is 0 Å². The maximum Gasteiger partial charge on any atom is 0.237 e. The molecule has 0 aromatic heterocycles. The van der Waals surface area contributed by atoms with Crippen LogP contribution in [0.4, 0.5) is 0 Å². The van der Waals surface area contributed by atoms with Gasteiger partial charge in [-0.3, -0.25) is 9.69 Å². The molecule has 2 aliphatic rings. The van der Waals surface area contributed by atoms with Gasteiger partial charge in [0.2, 0.25) is 5.91 Å². The van der Waals surface area contributed by atoms with Gasteiger partial charge in [-0.05, 0) is 63.2 Å². The Bertz CT molecular complexity index is 307. The molecule has 0 aliphatic carbocycles. The fourth-order valence-corrected chi connectivity index (χ4v) is 4.07. The Hall–Kier alpha value is -0.260. The number of amides is 1. The van der Waals surface area contributed by atoms with Crippen LogP contribution in [0.2, 0.25) is 0 Å². The molecule has 5 heteroatoms.